The third-order valence-electron chi connectivity index (χ3n) is 5.23. The molecule has 0 aliphatic carbocycles. The molecule has 0 spiro atoms. The van der Waals surface area contributed by atoms with E-state index in [4.69, 9.17) is 9.15 Å². The second kappa shape index (κ2) is 9.19. The highest BCUT2D eigenvalue weighted by Crippen LogP contribution is 2.23. The maximum atomic E-state index is 13.4. The van der Waals surface area contributed by atoms with Crippen molar-refractivity contribution in [3.05, 3.63) is 75.0 Å². The van der Waals surface area contributed by atoms with Crippen LogP contribution in [-0.2, 0) is 24.4 Å². The fourth-order valence-corrected chi connectivity index (χ4v) is 3.82. The first kappa shape index (κ1) is 22.1. The Hall–Kier alpha value is -4.08. The normalized spacial score (nSPS) is 11.1. The maximum Gasteiger partial charge on any atom is 0.332 e. The fraction of sp³-hybridized carbons (Fsp3) is 0.304. The van der Waals surface area contributed by atoms with E-state index in [0.29, 0.717) is 41.6 Å². The SMILES string of the molecule is CCOc1ccccc1NC(=O)Cn1c(=O)n(Cc2ccco2)c(=O)c2c1c(C)nn2CC. The lowest BCUT2D eigenvalue weighted by Crippen LogP contribution is -2.42. The van der Waals surface area contributed by atoms with Crippen molar-refractivity contribution in [3.63, 3.8) is 0 Å². The van der Waals surface area contributed by atoms with E-state index in [1.54, 1.807) is 41.9 Å². The Morgan fingerprint density at radius 2 is 1.88 bits per heavy atom. The van der Waals surface area contributed by atoms with Crippen molar-refractivity contribution in [1.82, 2.24) is 18.9 Å². The standard InChI is InChI=1S/C23H25N5O5/c1-4-28-21-20(15(3)25-28)26(23(31)27(22(21)30)13-16-9-8-12-33-16)14-19(29)24-17-10-6-7-11-18(17)32-5-2/h6-12H,4-5,13-14H2,1-3H3,(H,24,29). The lowest BCUT2D eigenvalue weighted by molar-refractivity contribution is -0.116. The number of para-hydroxylation sites is 2. The van der Waals surface area contributed by atoms with Gasteiger partial charge in [0.1, 0.15) is 23.6 Å². The minimum atomic E-state index is -0.615. The molecule has 0 aliphatic heterocycles. The van der Waals surface area contributed by atoms with Crippen molar-refractivity contribution in [2.45, 2.75) is 40.4 Å². The van der Waals surface area contributed by atoms with Crippen LogP contribution in [0, 0.1) is 6.92 Å². The molecule has 3 aromatic heterocycles. The molecule has 0 saturated carbocycles. The summed E-state index contributed by atoms with van der Waals surface area (Å²) in [5, 5.41) is 7.21. The number of furan rings is 1. The molecule has 1 N–H and O–H groups in total. The Balaban J connectivity index is 1.80. The summed E-state index contributed by atoms with van der Waals surface area (Å²) in [7, 11) is 0. The largest absolute Gasteiger partial charge is 0.492 e. The van der Waals surface area contributed by atoms with Gasteiger partial charge in [0.25, 0.3) is 5.56 Å². The van der Waals surface area contributed by atoms with Gasteiger partial charge in [-0.05, 0) is 45.0 Å². The van der Waals surface area contributed by atoms with E-state index in [2.05, 4.69) is 10.4 Å². The summed E-state index contributed by atoms with van der Waals surface area (Å²) in [6, 6.07) is 10.4. The number of hydrogen-bond acceptors (Lipinski definition) is 6. The van der Waals surface area contributed by atoms with Gasteiger partial charge in [-0.25, -0.2) is 4.79 Å². The molecule has 0 atom stereocenters. The summed E-state index contributed by atoms with van der Waals surface area (Å²) in [5.41, 5.74) is 0.509. The molecule has 0 radical (unpaired) electrons. The average Bonchev–Trinajstić information content (AvgIpc) is 3.43. The number of rotatable bonds is 8. The van der Waals surface area contributed by atoms with E-state index in [9.17, 15) is 14.4 Å². The minimum absolute atomic E-state index is 0.0522. The lowest BCUT2D eigenvalue weighted by Gasteiger charge is -2.14. The second-order valence-corrected chi connectivity index (χ2v) is 7.42. The zero-order valence-corrected chi connectivity index (χ0v) is 18.7. The molecule has 1 aromatic carbocycles. The van der Waals surface area contributed by atoms with E-state index >= 15 is 0 Å². The van der Waals surface area contributed by atoms with Gasteiger partial charge in [-0.3, -0.25) is 23.4 Å². The molecule has 0 unspecified atom stereocenters. The number of carbonyl (C=O) groups is 1. The van der Waals surface area contributed by atoms with Gasteiger partial charge < -0.3 is 14.5 Å². The maximum absolute atomic E-state index is 13.4. The molecule has 10 heteroatoms. The Morgan fingerprint density at radius 1 is 1.09 bits per heavy atom. The first-order valence-electron chi connectivity index (χ1n) is 10.7. The molecular formula is C23H25N5O5. The molecule has 4 rings (SSSR count). The molecule has 3 heterocycles. The highest BCUT2D eigenvalue weighted by molar-refractivity contribution is 5.93. The Kier molecular flexibility index (Phi) is 6.16. The molecule has 0 saturated heterocycles. The van der Waals surface area contributed by atoms with Crippen molar-refractivity contribution in [2.75, 3.05) is 11.9 Å². The summed E-state index contributed by atoms with van der Waals surface area (Å²) >= 11 is 0. The van der Waals surface area contributed by atoms with Gasteiger partial charge in [0.05, 0.1) is 30.8 Å². The van der Waals surface area contributed by atoms with Crippen molar-refractivity contribution in [2.24, 2.45) is 0 Å². The summed E-state index contributed by atoms with van der Waals surface area (Å²) in [6.07, 6.45) is 1.47. The number of nitrogens with zero attached hydrogens (tertiary/aromatic N) is 4. The van der Waals surface area contributed by atoms with Crippen LogP contribution in [0.1, 0.15) is 25.3 Å². The van der Waals surface area contributed by atoms with Crippen LogP contribution in [0.15, 0.2) is 56.7 Å². The molecule has 172 valence electrons. The van der Waals surface area contributed by atoms with Crippen LogP contribution in [0.2, 0.25) is 0 Å². The van der Waals surface area contributed by atoms with Crippen molar-refractivity contribution in [1.29, 1.82) is 0 Å². The number of amides is 1. The van der Waals surface area contributed by atoms with Gasteiger partial charge in [-0.15, -0.1) is 0 Å². The van der Waals surface area contributed by atoms with E-state index < -0.39 is 17.2 Å². The van der Waals surface area contributed by atoms with E-state index in [0.717, 1.165) is 4.57 Å². The van der Waals surface area contributed by atoms with Crippen LogP contribution in [0.4, 0.5) is 5.69 Å². The van der Waals surface area contributed by atoms with Crippen LogP contribution in [0.3, 0.4) is 0 Å². The smallest absolute Gasteiger partial charge is 0.332 e. The number of carbonyl (C=O) groups excluding carboxylic acids is 1. The van der Waals surface area contributed by atoms with Crippen LogP contribution in [0.25, 0.3) is 11.0 Å². The second-order valence-electron chi connectivity index (χ2n) is 7.42. The van der Waals surface area contributed by atoms with Crippen molar-refractivity contribution >= 4 is 22.6 Å². The fourth-order valence-electron chi connectivity index (χ4n) is 3.82. The molecule has 10 nitrogen and oxygen atoms in total. The Labute approximate surface area is 189 Å². The number of benzene rings is 1. The van der Waals surface area contributed by atoms with Crippen LogP contribution in [-0.4, -0.2) is 31.4 Å². The number of ether oxygens (including phenoxy) is 1. The first-order valence-corrected chi connectivity index (χ1v) is 10.7. The molecule has 4 aromatic rings. The van der Waals surface area contributed by atoms with Crippen LogP contribution >= 0.6 is 0 Å². The summed E-state index contributed by atoms with van der Waals surface area (Å²) < 4.78 is 14.8. The van der Waals surface area contributed by atoms with E-state index in [1.165, 1.54) is 10.8 Å². The number of aromatic nitrogens is 4. The van der Waals surface area contributed by atoms with Crippen LogP contribution in [0.5, 0.6) is 5.75 Å². The van der Waals surface area contributed by atoms with Gasteiger partial charge in [0.15, 0.2) is 5.52 Å². The van der Waals surface area contributed by atoms with Gasteiger partial charge in [0, 0.05) is 6.54 Å². The predicted molar refractivity (Wildman–Crippen MR) is 123 cm³/mol. The highest BCUT2D eigenvalue weighted by atomic mass is 16.5. The van der Waals surface area contributed by atoms with Crippen molar-refractivity contribution in [3.8, 4) is 5.75 Å². The zero-order chi connectivity index (χ0) is 23.5. The highest BCUT2D eigenvalue weighted by Gasteiger charge is 2.22. The van der Waals surface area contributed by atoms with Gasteiger partial charge in [-0.2, -0.15) is 5.10 Å². The molecular weight excluding hydrogens is 426 g/mol. The molecule has 0 fully saturated rings. The molecule has 33 heavy (non-hydrogen) atoms. The first-order chi connectivity index (χ1) is 15.9. The van der Waals surface area contributed by atoms with Gasteiger partial charge in [-0.1, -0.05) is 12.1 Å². The van der Waals surface area contributed by atoms with Gasteiger partial charge in [0.2, 0.25) is 5.91 Å². The topological polar surface area (TPSA) is 113 Å². The molecule has 0 aliphatic rings. The number of fused-ring (bicyclic) bond motifs is 1. The number of hydrogen-bond donors (Lipinski definition) is 1. The average molecular weight is 451 g/mol. The summed E-state index contributed by atoms with van der Waals surface area (Å²) in [6.45, 7) is 5.95. The minimum Gasteiger partial charge on any atom is -0.492 e. The van der Waals surface area contributed by atoms with Crippen molar-refractivity contribution < 1.29 is 13.9 Å². The summed E-state index contributed by atoms with van der Waals surface area (Å²) in [5.74, 6) is 0.551. The predicted octanol–water partition coefficient (Wildman–Crippen LogP) is 2.37. The third kappa shape index (κ3) is 4.19. The Bertz CT molecular complexity index is 1410. The molecule has 0 bridgehead atoms. The molecule has 1 amide bonds. The van der Waals surface area contributed by atoms with E-state index in [1.807, 2.05) is 19.9 Å². The summed E-state index contributed by atoms with van der Waals surface area (Å²) in [4.78, 5) is 39.6. The number of nitrogens with one attached hydrogen (secondary N) is 1. The Morgan fingerprint density at radius 3 is 2.58 bits per heavy atom. The third-order valence-corrected chi connectivity index (χ3v) is 5.23. The van der Waals surface area contributed by atoms with E-state index in [-0.39, 0.29) is 18.6 Å². The van der Waals surface area contributed by atoms with Crippen LogP contribution < -0.4 is 21.3 Å². The number of aryl methyl sites for hydroxylation is 2. The lowest BCUT2D eigenvalue weighted by atomic mass is 10.3. The van der Waals surface area contributed by atoms with Gasteiger partial charge >= 0.3 is 5.69 Å². The quantitative estimate of drug-likeness (QED) is 0.440. The number of anilines is 1. The monoisotopic (exact) mass is 451 g/mol. The zero-order valence-electron chi connectivity index (χ0n) is 18.7.